The van der Waals surface area contributed by atoms with Gasteiger partial charge in [0, 0.05) is 18.2 Å². The van der Waals surface area contributed by atoms with Gasteiger partial charge in [-0.2, -0.15) is 0 Å². The molecule has 180 valence electrons. The van der Waals surface area contributed by atoms with Gasteiger partial charge >= 0.3 is 0 Å². The summed E-state index contributed by atoms with van der Waals surface area (Å²) in [6.07, 6.45) is 4.17. The van der Waals surface area contributed by atoms with Crippen LogP contribution in [-0.4, -0.2) is 54.6 Å². The zero-order valence-electron chi connectivity index (χ0n) is 19.6. The van der Waals surface area contributed by atoms with Crippen molar-refractivity contribution in [2.24, 2.45) is 0 Å². The Hall–Kier alpha value is -2.52. The van der Waals surface area contributed by atoms with E-state index in [0.717, 1.165) is 41.2 Å². The predicted octanol–water partition coefficient (Wildman–Crippen LogP) is 3.87. The number of hydrogen-bond acceptors (Lipinski definition) is 7. The summed E-state index contributed by atoms with van der Waals surface area (Å²) in [6.45, 7) is 5.43. The second kappa shape index (κ2) is 8.92. The molecule has 8 nitrogen and oxygen atoms in total. The van der Waals surface area contributed by atoms with Crippen molar-refractivity contribution in [1.29, 1.82) is 0 Å². The third-order valence-corrected chi connectivity index (χ3v) is 6.87. The molecule has 4 aliphatic rings. The molecule has 1 saturated carbocycles. The highest BCUT2D eigenvalue weighted by molar-refractivity contribution is 6.01. The van der Waals surface area contributed by atoms with Crippen molar-refractivity contribution in [2.75, 3.05) is 23.4 Å². The first-order chi connectivity index (χ1) is 16.5. The van der Waals surface area contributed by atoms with Gasteiger partial charge in [0.15, 0.2) is 0 Å². The number of carbonyl (C=O) groups excluding carboxylic acids is 1. The van der Waals surface area contributed by atoms with Crippen molar-refractivity contribution < 1.29 is 23.7 Å². The Morgan fingerprint density at radius 3 is 2.88 bits per heavy atom. The van der Waals surface area contributed by atoms with Crippen LogP contribution >= 0.6 is 0 Å². The maximum Gasteiger partial charge on any atom is 0.256 e. The maximum absolute atomic E-state index is 13.8. The zero-order valence-corrected chi connectivity index (χ0v) is 19.6. The fraction of sp³-hybridized carbons (Fsp3) is 0.538. The molecule has 0 spiro atoms. The Morgan fingerprint density at radius 2 is 2.09 bits per heavy atom. The summed E-state index contributed by atoms with van der Waals surface area (Å²) >= 11 is 0. The number of carbonyl (C=O) groups is 1. The average molecular weight is 466 g/mol. The normalized spacial score (nSPS) is 30.0. The number of nitrogens with zero attached hydrogens (tertiary/aromatic N) is 2. The number of ether oxygens (including phenoxy) is 4. The highest BCUT2D eigenvalue weighted by Crippen LogP contribution is 2.42. The lowest BCUT2D eigenvalue weighted by Gasteiger charge is -2.33. The Morgan fingerprint density at radius 1 is 1.18 bits per heavy atom. The van der Waals surface area contributed by atoms with Gasteiger partial charge in [0.05, 0.1) is 55.5 Å². The predicted molar refractivity (Wildman–Crippen MR) is 126 cm³/mol. The van der Waals surface area contributed by atoms with Gasteiger partial charge < -0.3 is 29.2 Å². The molecule has 8 heteroatoms. The highest BCUT2D eigenvalue weighted by atomic mass is 16.6. The van der Waals surface area contributed by atoms with Gasteiger partial charge in [0.2, 0.25) is 0 Å². The van der Waals surface area contributed by atoms with Gasteiger partial charge in [-0.05, 0) is 50.5 Å². The summed E-state index contributed by atoms with van der Waals surface area (Å²) in [6, 6.07) is 10.0. The topological polar surface area (TPSA) is 82.2 Å². The van der Waals surface area contributed by atoms with Crippen LogP contribution in [0.25, 0.3) is 0 Å². The fourth-order valence-electron chi connectivity index (χ4n) is 5.03. The molecular weight excluding hydrogens is 434 g/mol. The lowest BCUT2D eigenvalue weighted by atomic mass is 10.0. The summed E-state index contributed by atoms with van der Waals surface area (Å²) < 4.78 is 24.0. The number of benzene rings is 1. The molecule has 1 aliphatic carbocycles. The summed E-state index contributed by atoms with van der Waals surface area (Å²) in [5.41, 5.74) is 3.62. The molecule has 0 radical (unpaired) electrons. The molecule has 1 aromatic carbocycles. The summed E-state index contributed by atoms with van der Waals surface area (Å²) in [4.78, 5) is 20.1. The van der Waals surface area contributed by atoms with Crippen molar-refractivity contribution in [2.45, 2.75) is 76.3 Å². The van der Waals surface area contributed by atoms with E-state index in [0.29, 0.717) is 26.2 Å². The molecule has 1 amide bonds. The first-order valence-electron chi connectivity index (χ1n) is 12.3. The molecule has 3 aliphatic heterocycles. The van der Waals surface area contributed by atoms with Gasteiger partial charge in [0.25, 0.3) is 5.91 Å². The van der Waals surface area contributed by atoms with Crippen molar-refractivity contribution in [3.8, 4) is 0 Å². The summed E-state index contributed by atoms with van der Waals surface area (Å²) in [7, 11) is 0. The zero-order chi connectivity index (χ0) is 23.2. The van der Waals surface area contributed by atoms with E-state index < -0.39 is 6.10 Å². The van der Waals surface area contributed by atoms with Crippen LogP contribution in [0.1, 0.15) is 50.3 Å². The smallest absolute Gasteiger partial charge is 0.256 e. The number of pyridine rings is 1. The third-order valence-electron chi connectivity index (χ3n) is 6.87. The molecule has 34 heavy (non-hydrogen) atoms. The number of amides is 1. The van der Waals surface area contributed by atoms with Gasteiger partial charge in [-0.25, -0.2) is 4.98 Å². The molecular formula is C26H31N3O5. The van der Waals surface area contributed by atoms with Crippen molar-refractivity contribution in [3.05, 3.63) is 47.7 Å². The molecule has 4 heterocycles. The molecule has 5 atom stereocenters. The third kappa shape index (κ3) is 4.31. The van der Waals surface area contributed by atoms with E-state index in [1.54, 1.807) is 6.20 Å². The van der Waals surface area contributed by atoms with Gasteiger partial charge in [-0.1, -0.05) is 12.1 Å². The molecule has 2 aromatic rings. The standard InChI is InChI=1S/C26H31N3O5/c1-15(2)33-18-6-8-21(31-13-18)26(30)29-12-17-4-3-9-27-25(17)28-19-7-5-16(10-20(19)29)24-14-32-22-11-23(22)34-24/h3-5,7,9-10,15,18,21-24H,6,8,11-14H2,1-2H3,(H,27,28)/t18?,21-,22?,23?,24?/m1/s1. The van der Waals surface area contributed by atoms with Gasteiger partial charge in [-0.15, -0.1) is 0 Å². The van der Waals surface area contributed by atoms with E-state index in [9.17, 15) is 4.79 Å². The largest absolute Gasteiger partial charge is 0.373 e. The molecule has 3 fully saturated rings. The van der Waals surface area contributed by atoms with E-state index in [1.807, 2.05) is 43.0 Å². The van der Waals surface area contributed by atoms with Crippen LogP contribution in [0.4, 0.5) is 17.2 Å². The second-order valence-electron chi connectivity index (χ2n) is 9.81. The van der Waals surface area contributed by atoms with Crippen LogP contribution < -0.4 is 10.2 Å². The van der Waals surface area contributed by atoms with E-state index in [1.165, 1.54) is 0 Å². The SMILES string of the molecule is CC(C)OC1CC[C@H](C(=O)N2Cc3cccnc3Nc3ccc(C4COC5CC5O4)cc32)OC1. The Labute approximate surface area is 199 Å². The first-order valence-corrected chi connectivity index (χ1v) is 12.3. The highest BCUT2D eigenvalue weighted by Gasteiger charge is 2.45. The van der Waals surface area contributed by atoms with Crippen molar-refractivity contribution in [3.63, 3.8) is 0 Å². The second-order valence-corrected chi connectivity index (χ2v) is 9.81. The number of nitrogens with one attached hydrogen (secondary N) is 1. The van der Waals surface area contributed by atoms with Gasteiger partial charge in [0.1, 0.15) is 18.0 Å². The van der Waals surface area contributed by atoms with Crippen LogP contribution in [0.15, 0.2) is 36.5 Å². The van der Waals surface area contributed by atoms with Crippen LogP contribution in [0.3, 0.4) is 0 Å². The summed E-state index contributed by atoms with van der Waals surface area (Å²) in [5, 5.41) is 3.43. The van der Waals surface area contributed by atoms with Gasteiger partial charge in [-0.3, -0.25) is 4.79 Å². The van der Waals surface area contributed by atoms with E-state index in [4.69, 9.17) is 18.9 Å². The first kappa shape index (κ1) is 22.0. The van der Waals surface area contributed by atoms with Crippen LogP contribution in [-0.2, 0) is 30.3 Å². The summed E-state index contributed by atoms with van der Waals surface area (Å²) in [5.74, 6) is 0.725. The minimum absolute atomic E-state index is 0.0355. The number of fused-ring (bicyclic) bond motifs is 3. The quantitative estimate of drug-likeness (QED) is 0.734. The van der Waals surface area contributed by atoms with Crippen LogP contribution in [0.2, 0.25) is 0 Å². The molecule has 1 N–H and O–H groups in total. The number of anilines is 3. The van der Waals surface area contributed by atoms with Crippen molar-refractivity contribution in [1.82, 2.24) is 4.98 Å². The van der Waals surface area contributed by atoms with Crippen LogP contribution in [0, 0.1) is 0 Å². The van der Waals surface area contributed by atoms with Crippen LogP contribution in [0.5, 0.6) is 0 Å². The number of aromatic nitrogens is 1. The minimum atomic E-state index is -0.497. The minimum Gasteiger partial charge on any atom is -0.373 e. The molecule has 1 aromatic heterocycles. The fourth-order valence-corrected chi connectivity index (χ4v) is 5.03. The van der Waals surface area contributed by atoms with E-state index in [2.05, 4.69) is 16.4 Å². The lowest BCUT2D eigenvalue weighted by molar-refractivity contribution is -0.143. The van der Waals surface area contributed by atoms with E-state index in [-0.39, 0.29) is 36.4 Å². The number of hydrogen-bond donors (Lipinski definition) is 1. The molecule has 6 rings (SSSR count). The molecule has 4 unspecified atom stereocenters. The average Bonchev–Trinajstić information content (AvgIpc) is 3.64. The Balaban J connectivity index is 1.29. The lowest BCUT2D eigenvalue weighted by Crippen LogP contribution is -2.44. The monoisotopic (exact) mass is 465 g/mol. The molecule has 0 bridgehead atoms. The number of rotatable bonds is 4. The van der Waals surface area contributed by atoms with Crippen molar-refractivity contribution >= 4 is 23.1 Å². The maximum atomic E-state index is 13.8. The van der Waals surface area contributed by atoms with E-state index >= 15 is 0 Å². The molecule has 2 saturated heterocycles. The Kier molecular flexibility index (Phi) is 5.77. The Bertz CT molecular complexity index is 1070.